The average Bonchev–Trinajstić information content (AvgIpc) is 2.44. The van der Waals surface area contributed by atoms with Crippen LogP contribution in [0.1, 0.15) is 33.6 Å². The Morgan fingerprint density at radius 1 is 1.50 bits per heavy atom. The minimum Gasteiger partial charge on any atom is -0.0745 e. The van der Waals surface area contributed by atoms with Crippen molar-refractivity contribution < 1.29 is 0 Å². The minimum absolute atomic E-state index is 0.550. The normalized spacial score (nSPS) is 34.6. The molecular weight excluding hydrogens is 96.1 g/mol. The maximum absolute atomic E-state index is 2.38. The summed E-state index contributed by atoms with van der Waals surface area (Å²) >= 11 is 0. The van der Waals surface area contributed by atoms with E-state index in [1.165, 1.54) is 12.8 Å². The summed E-state index contributed by atoms with van der Waals surface area (Å²) in [6.07, 6.45) is 4.92. The van der Waals surface area contributed by atoms with Crippen molar-refractivity contribution in [2.24, 2.45) is 5.41 Å². The first-order valence-electron chi connectivity index (χ1n) is 3.45. The molecule has 1 aliphatic rings. The predicted molar refractivity (Wildman–Crippen MR) is 36.8 cm³/mol. The predicted octanol–water partition coefficient (Wildman–Crippen LogP) is 2.75. The molecule has 0 bridgehead atoms. The van der Waals surface area contributed by atoms with Gasteiger partial charge < -0.3 is 0 Å². The van der Waals surface area contributed by atoms with Gasteiger partial charge in [-0.3, -0.25) is 0 Å². The van der Waals surface area contributed by atoms with Crippen LogP contribution in [0.2, 0.25) is 0 Å². The van der Waals surface area contributed by atoms with E-state index in [4.69, 9.17) is 0 Å². The van der Waals surface area contributed by atoms with Gasteiger partial charge in [-0.15, -0.1) is 0 Å². The molecule has 1 rings (SSSR count). The smallest absolute Gasteiger partial charge is 0.00630 e. The van der Waals surface area contributed by atoms with E-state index in [0.717, 1.165) is 0 Å². The van der Waals surface area contributed by atoms with E-state index in [0.29, 0.717) is 5.41 Å². The molecule has 0 fully saturated rings. The first-order chi connectivity index (χ1) is 3.73. The van der Waals surface area contributed by atoms with Gasteiger partial charge in [-0.1, -0.05) is 32.4 Å². The molecule has 0 heteroatoms. The van der Waals surface area contributed by atoms with Crippen molar-refractivity contribution in [3.8, 4) is 0 Å². The van der Waals surface area contributed by atoms with Crippen LogP contribution in [0.25, 0.3) is 0 Å². The van der Waals surface area contributed by atoms with Gasteiger partial charge in [-0.25, -0.2) is 0 Å². The Hall–Kier alpha value is -0.260. The summed E-state index contributed by atoms with van der Waals surface area (Å²) < 4.78 is 0. The third kappa shape index (κ3) is 0.683. The summed E-state index contributed by atoms with van der Waals surface area (Å²) in [5.74, 6) is 0. The van der Waals surface area contributed by atoms with Crippen molar-refractivity contribution in [2.45, 2.75) is 33.6 Å². The molecule has 1 atom stereocenters. The van der Waals surface area contributed by atoms with Crippen molar-refractivity contribution in [3.63, 3.8) is 0 Å². The zero-order chi connectivity index (χ0) is 6.20. The van der Waals surface area contributed by atoms with Gasteiger partial charge in [0.2, 0.25) is 0 Å². The summed E-state index contributed by atoms with van der Waals surface area (Å²) in [5, 5.41) is 0. The molecule has 0 heterocycles. The fourth-order valence-corrected chi connectivity index (χ4v) is 1.18. The standard InChI is InChI=1S/C8H14/c1-4-7-6-8(7,3)5-2/h6H,4-5H2,1-3H3. The van der Waals surface area contributed by atoms with Crippen molar-refractivity contribution in [3.05, 3.63) is 11.6 Å². The molecule has 0 spiro atoms. The van der Waals surface area contributed by atoms with Crippen molar-refractivity contribution in [1.82, 2.24) is 0 Å². The summed E-state index contributed by atoms with van der Waals surface area (Å²) in [7, 11) is 0. The lowest BCUT2D eigenvalue weighted by Crippen LogP contribution is -1.94. The monoisotopic (exact) mass is 110 g/mol. The lowest BCUT2D eigenvalue weighted by Gasteiger charge is -2.05. The summed E-state index contributed by atoms with van der Waals surface area (Å²) in [4.78, 5) is 0. The summed E-state index contributed by atoms with van der Waals surface area (Å²) in [6, 6.07) is 0. The highest BCUT2D eigenvalue weighted by atomic mass is 14.4. The average molecular weight is 110 g/mol. The van der Waals surface area contributed by atoms with Gasteiger partial charge in [-0.05, 0) is 12.8 Å². The Balaban J connectivity index is 2.38. The third-order valence-corrected chi connectivity index (χ3v) is 2.26. The fourth-order valence-electron chi connectivity index (χ4n) is 1.18. The van der Waals surface area contributed by atoms with E-state index in [2.05, 4.69) is 26.8 Å². The Bertz CT molecular complexity index is 122. The molecule has 0 radical (unpaired) electrons. The second-order valence-electron chi connectivity index (χ2n) is 2.79. The Kier molecular flexibility index (Phi) is 1.18. The van der Waals surface area contributed by atoms with Crippen molar-refractivity contribution in [2.75, 3.05) is 0 Å². The zero-order valence-corrected chi connectivity index (χ0v) is 5.99. The van der Waals surface area contributed by atoms with Crippen LogP contribution in [0.15, 0.2) is 11.6 Å². The largest absolute Gasteiger partial charge is 0.0745 e. The van der Waals surface area contributed by atoms with Gasteiger partial charge >= 0.3 is 0 Å². The molecule has 0 aromatic rings. The van der Waals surface area contributed by atoms with Crippen LogP contribution in [-0.4, -0.2) is 0 Å². The van der Waals surface area contributed by atoms with Crippen LogP contribution in [0.3, 0.4) is 0 Å². The van der Waals surface area contributed by atoms with Crippen molar-refractivity contribution in [1.29, 1.82) is 0 Å². The lowest BCUT2D eigenvalue weighted by atomic mass is 9.99. The molecule has 0 aliphatic heterocycles. The van der Waals surface area contributed by atoms with Crippen LogP contribution < -0.4 is 0 Å². The maximum atomic E-state index is 2.38. The molecule has 8 heavy (non-hydrogen) atoms. The number of rotatable bonds is 2. The topological polar surface area (TPSA) is 0 Å². The van der Waals surface area contributed by atoms with Crippen LogP contribution in [0.5, 0.6) is 0 Å². The molecular formula is C8H14. The SMILES string of the molecule is CCC1=CC1(C)CC. The summed E-state index contributed by atoms with van der Waals surface area (Å²) in [5.41, 5.74) is 2.20. The molecule has 0 aromatic heterocycles. The van der Waals surface area contributed by atoms with E-state index in [1.807, 2.05) is 0 Å². The van der Waals surface area contributed by atoms with Gasteiger partial charge in [0.15, 0.2) is 0 Å². The van der Waals surface area contributed by atoms with Crippen LogP contribution in [0.4, 0.5) is 0 Å². The zero-order valence-electron chi connectivity index (χ0n) is 5.99. The highest BCUT2D eigenvalue weighted by Gasteiger charge is 2.34. The molecule has 0 aromatic carbocycles. The highest BCUT2D eigenvalue weighted by Crippen LogP contribution is 2.47. The second-order valence-corrected chi connectivity index (χ2v) is 2.79. The van der Waals surface area contributed by atoms with Gasteiger partial charge in [0, 0.05) is 5.41 Å². The lowest BCUT2D eigenvalue weighted by molar-refractivity contribution is 0.580. The molecule has 1 aliphatic carbocycles. The van der Waals surface area contributed by atoms with E-state index in [1.54, 1.807) is 5.57 Å². The molecule has 0 amide bonds. The molecule has 0 nitrogen and oxygen atoms in total. The Morgan fingerprint density at radius 3 is 2.25 bits per heavy atom. The molecule has 1 unspecified atom stereocenters. The first-order valence-corrected chi connectivity index (χ1v) is 3.45. The quantitative estimate of drug-likeness (QED) is 0.479. The van der Waals surface area contributed by atoms with Crippen LogP contribution in [0, 0.1) is 5.41 Å². The molecule has 0 N–H and O–H groups in total. The van der Waals surface area contributed by atoms with Crippen LogP contribution in [-0.2, 0) is 0 Å². The number of hydrogen-bond acceptors (Lipinski definition) is 0. The van der Waals surface area contributed by atoms with Gasteiger partial charge in [0.05, 0.1) is 0 Å². The van der Waals surface area contributed by atoms with Crippen LogP contribution >= 0.6 is 0 Å². The highest BCUT2D eigenvalue weighted by molar-refractivity contribution is 5.36. The van der Waals surface area contributed by atoms with Gasteiger partial charge in [0.25, 0.3) is 0 Å². The van der Waals surface area contributed by atoms with Gasteiger partial charge in [0.1, 0.15) is 0 Å². The minimum atomic E-state index is 0.550. The molecule has 0 saturated heterocycles. The second kappa shape index (κ2) is 1.61. The fraction of sp³-hybridized carbons (Fsp3) is 0.750. The molecule has 0 saturated carbocycles. The first kappa shape index (κ1) is 5.87. The maximum Gasteiger partial charge on any atom is 0.00630 e. The van der Waals surface area contributed by atoms with E-state index < -0.39 is 0 Å². The Morgan fingerprint density at radius 2 is 2.12 bits per heavy atom. The van der Waals surface area contributed by atoms with E-state index in [-0.39, 0.29) is 0 Å². The van der Waals surface area contributed by atoms with E-state index >= 15 is 0 Å². The third-order valence-electron chi connectivity index (χ3n) is 2.26. The Labute approximate surface area is 51.6 Å². The van der Waals surface area contributed by atoms with Gasteiger partial charge in [-0.2, -0.15) is 0 Å². The molecule has 46 valence electrons. The van der Waals surface area contributed by atoms with E-state index in [9.17, 15) is 0 Å². The number of allylic oxidation sites excluding steroid dienone is 2. The number of hydrogen-bond donors (Lipinski definition) is 0. The summed E-state index contributed by atoms with van der Waals surface area (Å²) in [6.45, 7) is 6.79. The van der Waals surface area contributed by atoms with Crippen molar-refractivity contribution >= 4 is 0 Å².